The van der Waals surface area contributed by atoms with E-state index in [2.05, 4.69) is 5.32 Å². The number of carbonyl (C=O) groups excluding carboxylic acids is 1. The Morgan fingerprint density at radius 3 is 2.67 bits per heavy atom. The molecule has 0 spiro atoms. The number of anilines is 1. The van der Waals surface area contributed by atoms with E-state index in [1.54, 1.807) is 16.4 Å². The van der Waals surface area contributed by atoms with E-state index in [0.717, 1.165) is 30.4 Å². The topological polar surface area (TPSA) is 75.7 Å². The van der Waals surface area contributed by atoms with E-state index in [-0.39, 0.29) is 23.5 Å². The Labute approximate surface area is 159 Å². The molecule has 0 bridgehead atoms. The zero-order valence-corrected chi connectivity index (χ0v) is 16.0. The van der Waals surface area contributed by atoms with Crippen LogP contribution >= 0.6 is 0 Å². The van der Waals surface area contributed by atoms with Crippen molar-refractivity contribution >= 4 is 21.6 Å². The van der Waals surface area contributed by atoms with E-state index in [4.69, 9.17) is 4.74 Å². The van der Waals surface area contributed by atoms with Gasteiger partial charge in [0.15, 0.2) is 6.61 Å². The molecule has 1 atom stereocenters. The first-order valence-electron chi connectivity index (χ1n) is 9.10. The number of hydrogen-bond donors (Lipinski definition) is 1. The zero-order chi connectivity index (χ0) is 19.0. The molecule has 142 valence electrons. The summed E-state index contributed by atoms with van der Waals surface area (Å²) in [4.78, 5) is 11.7. The van der Waals surface area contributed by atoms with Crippen LogP contribution in [0.15, 0.2) is 47.4 Å². The summed E-state index contributed by atoms with van der Waals surface area (Å²) in [5.74, 6) is 0.204. The lowest BCUT2D eigenvalue weighted by Crippen LogP contribution is -2.38. The van der Waals surface area contributed by atoms with Crippen molar-refractivity contribution in [2.45, 2.75) is 37.1 Å². The van der Waals surface area contributed by atoms with E-state index in [1.807, 2.05) is 31.2 Å². The molecule has 2 aromatic rings. The van der Waals surface area contributed by atoms with Crippen LogP contribution in [0.5, 0.6) is 5.75 Å². The first-order chi connectivity index (χ1) is 12.9. The predicted octanol–water partition coefficient (Wildman–Crippen LogP) is 3.24. The number of nitrogens with one attached hydrogen (secondary N) is 1. The zero-order valence-electron chi connectivity index (χ0n) is 15.1. The normalized spacial score (nSPS) is 20.5. The highest BCUT2D eigenvalue weighted by atomic mass is 32.2. The number of ether oxygens (including phenoxy) is 1. The number of fused-ring (bicyclic) bond motifs is 1. The molecule has 0 aliphatic carbocycles. The molecular weight excluding hydrogens is 364 g/mol. The fourth-order valence-electron chi connectivity index (χ4n) is 3.67. The molecule has 1 N–H and O–H groups in total. The molecule has 1 fully saturated rings. The quantitative estimate of drug-likeness (QED) is 0.879. The van der Waals surface area contributed by atoms with Crippen LogP contribution in [0.2, 0.25) is 0 Å². The molecule has 0 saturated carbocycles. The second-order valence-electron chi connectivity index (χ2n) is 7.03. The summed E-state index contributed by atoms with van der Waals surface area (Å²) in [5.41, 5.74) is 2.56. The first-order valence-corrected chi connectivity index (χ1v) is 10.5. The molecule has 2 aliphatic rings. The number of nitrogens with zero attached hydrogens (tertiary/aromatic N) is 1. The van der Waals surface area contributed by atoms with Gasteiger partial charge in [0.1, 0.15) is 5.75 Å². The van der Waals surface area contributed by atoms with Gasteiger partial charge in [0.2, 0.25) is 10.0 Å². The standard InChI is InChI=1S/C20H22N2O4S/c1-14-5-7-15(8-6-14)18-4-2-3-11-22(18)27(24,25)16-9-10-19-17(12-16)21-20(23)13-26-19/h5-10,12,18H,2-4,11,13H2,1H3,(H,21,23). The summed E-state index contributed by atoms with van der Waals surface area (Å²) in [6.45, 7) is 2.45. The molecule has 4 rings (SSSR count). The van der Waals surface area contributed by atoms with Crippen LogP contribution < -0.4 is 10.1 Å². The van der Waals surface area contributed by atoms with E-state index in [1.165, 1.54) is 6.07 Å². The fourth-order valence-corrected chi connectivity index (χ4v) is 5.38. The Bertz CT molecular complexity index is 970. The number of aryl methyl sites for hydroxylation is 1. The third kappa shape index (κ3) is 3.44. The number of amides is 1. The van der Waals surface area contributed by atoms with Gasteiger partial charge in [-0.05, 0) is 43.5 Å². The second-order valence-corrected chi connectivity index (χ2v) is 8.92. The van der Waals surface area contributed by atoms with Crippen molar-refractivity contribution in [3.63, 3.8) is 0 Å². The highest BCUT2D eigenvalue weighted by molar-refractivity contribution is 7.89. The maximum atomic E-state index is 13.4. The highest BCUT2D eigenvalue weighted by Crippen LogP contribution is 2.37. The van der Waals surface area contributed by atoms with E-state index in [0.29, 0.717) is 18.0 Å². The van der Waals surface area contributed by atoms with Crippen molar-refractivity contribution < 1.29 is 17.9 Å². The summed E-state index contributed by atoms with van der Waals surface area (Å²) in [6, 6.07) is 12.5. The molecular formula is C20H22N2O4S. The summed E-state index contributed by atoms with van der Waals surface area (Å²) in [5, 5.41) is 2.68. The monoisotopic (exact) mass is 386 g/mol. The van der Waals surface area contributed by atoms with E-state index in [9.17, 15) is 13.2 Å². The molecule has 1 saturated heterocycles. The van der Waals surface area contributed by atoms with Crippen LogP contribution in [0.25, 0.3) is 0 Å². The van der Waals surface area contributed by atoms with Gasteiger partial charge in [0, 0.05) is 6.54 Å². The lowest BCUT2D eigenvalue weighted by Gasteiger charge is -2.35. The van der Waals surface area contributed by atoms with Crippen LogP contribution in [0.4, 0.5) is 5.69 Å². The summed E-state index contributed by atoms with van der Waals surface area (Å²) in [6.07, 6.45) is 2.64. The minimum Gasteiger partial charge on any atom is -0.482 e. The molecule has 0 radical (unpaired) electrons. The molecule has 1 unspecified atom stereocenters. The lowest BCUT2D eigenvalue weighted by atomic mass is 9.97. The summed E-state index contributed by atoms with van der Waals surface area (Å²) >= 11 is 0. The number of rotatable bonds is 3. The van der Waals surface area contributed by atoms with Gasteiger partial charge in [-0.1, -0.05) is 36.2 Å². The lowest BCUT2D eigenvalue weighted by molar-refractivity contribution is -0.118. The molecule has 1 amide bonds. The molecule has 6 nitrogen and oxygen atoms in total. The smallest absolute Gasteiger partial charge is 0.262 e. The van der Waals surface area contributed by atoms with Crippen molar-refractivity contribution in [3.8, 4) is 5.75 Å². The van der Waals surface area contributed by atoms with E-state index >= 15 is 0 Å². The largest absolute Gasteiger partial charge is 0.482 e. The number of piperidine rings is 1. The second kappa shape index (κ2) is 6.98. The Hall–Kier alpha value is -2.38. The third-order valence-electron chi connectivity index (χ3n) is 5.11. The Kier molecular flexibility index (Phi) is 4.65. The van der Waals surface area contributed by atoms with Gasteiger partial charge < -0.3 is 10.1 Å². The van der Waals surface area contributed by atoms with Crippen LogP contribution in [-0.2, 0) is 14.8 Å². The number of sulfonamides is 1. The molecule has 2 aromatic carbocycles. The average Bonchev–Trinajstić information content (AvgIpc) is 2.68. The van der Waals surface area contributed by atoms with Crippen molar-refractivity contribution in [3.05, 3.63) is 53.6 Å². The fraction of sp³-hybridized carbons (Fsp3) is 0.350. The molecule has 2 aliphatic heterocycles. The maximum absolute atomic E-state index is 13.4. The van der Waals surface area contributed by atoms with Gasteiger partial charge in [-0.15, -0.1) is 0 Å². The van der Waals surface area contributed by atoms with Gasteiger partial charge in [-0.2, -0.15) is 4.31 Å². The van der Waals surface area contributed by atoms with Crippen LogP contribution in [0.1, 0.15) is 36.4 Å². The van der Waals surface area contributed by atoms with Gasteiger partial charge in [-0.3, -0.25) is 4.79 Å². The molecule has 27 heavy (non-hydrogen) atoms. The predicted molar refractivity (Wildman–Crippen MR) is 102 cm³/mol. The first kappa shape index (κ1) is 18.0. The van der Waals surface area contributed by atoms with Crippen molar-refractivity contribution in [1.29, 1.82) is 0 Å². The Morgan fingerprint density at radius 1 is 1.11 bits per heavy atom. The molecule has 0 aromatic heterocycles. The van der Waals surface area contributed by atoms with Crippen LogP contribution in [-0.4, -0.2) is 31.8 Å². The van der Waals surface area contributed by atoms with Gasteiger partial charge in [-0.25, -0.2) is 8.42 Å². The Balaban J connectivity index is 1.70. The van der Waals surface area contributed by atoms with Gasteiger partial charge >= 0.3 is 0 Å². The maximum Gasteiger partial charge on any atom is 0.262 e. The van der Waals surface area contributed by atoms with Crippen molar-refractivity contribution in [1.82, 2.24) is 4.31 Å². The highest BCUT2D eigenvalue weighted by Gasteiger charge is 2.35. The molecule has 2 heterocycles. The van der Waals surface area contributed by atoms with Gasteiger partial charge in [0.05, 0.1) is 16.6 Å². The van der Waals surface area contributed by atoms with Crippen molar-refractivity contribution in [2.24, 2.45) is 0 Å². The average molecular weight is 386 g/mol. The number of benzene rings is 2. The Morgan fingerprint density at radius 2 is 1.89 bits per heavy atom. The van der Waals surface area contributed by atoms with Gasteiger partial charge in [0.25, 0.3) is 5.91 Å². The van der Waals surface area contributed by atoms with Crippen molar-refractivity contribution in [2.75, 3.05) is 18.5 Å². The molecule has 7 heteroatoms. The van der Waals surface area contributed by atoms with Crippen LogP contribution in [0.3, 0.4) is 0 Å². The number of hydrogen-bond acceptors (Lipinski definition) is 4. The SMILES string of the molecule is Cc1ccc(C2CCCCN2S(=O)(=O)c2ccc3c(c2)NC(=O)CO3)cc1. The minimum absolute atomic E-state index is 0.0548. The third-order valence-corrected chi connectivity index (χ3v) is 7.01. The minimum atomic E-state index is -3.69. The van der Waals surface area contributed by atoms with E-state index < -0.39 is 10.0 Å². The summed E-state index contributed by atoms with van der Waals surface area (Å²) in [7, 11) is -3.69. The van der Waals surface area contributed by atoms with Crippen LogP contribution in [0, 0.1) is 6.92 Å². The summed E-state index contributed by atoms with van der Waals surface area (Å²) < 4.78 is 33.7. The number of carbonyl (C=O) groups is 1.